The number of benzene rings is 2. The fourth-order valence-electron chi connectivity index (χ4n) is 2.14. The monoisotopic (exact) mass is 350 g/mol. The fraction of sp³-hybridized carbons (Fsp3) is 0.278. The lowest BCUT2D eigenvalue weighted by molar-refractivity contribution is -0.118. The smallest absolute Gasteiger partial charge is 0.230 e. The average Bonchev–Trinajstić information content (AvgIpc) is 2.58. The Labute approximate surface area is 145 Å². The van der Waals surface area contributed by atoms with Gasteiger partial charge >= 0.3 is 0 Å². The topological polar surface area (TPSA) is 32.3 Å². The number of nitrogens with one attached hydrogen (secondary N) is 1. The number of carbonyl (C=O) groups excluding carboxylic acids is 1. The number of halogens is 2. The molecule has 0 aliphatic rings. The van der Waals surface area contributed by atoms with Crippen molar-refractivity contribution in [1.82, 2.24) is 5.32 Å². The molecule has 0 radical (unpaired) electrons. The van der Waals surface area contributed by atoms with Gasteiger partial charge in [0, 0.05) is 36.8 Å². The number of thioether (sulfide) groups is 1. The Balaban J connectivity index is 1.65. The van der Waals surface area contributed by atoms with Crippen LogP contribution in [0.5, 0.6) is 0 Å². The minimum atomic E-state index is -0.641. The highest BCUT2D eigenvalue weighted by Gasteiger charge is 2.08. The summed E-state index contributed by atoms with van der Waals surface area (Å²) < 4.78 is 26.3. The molecule has 1 amide bonds. The second-order valence-electron chi connectivity index (χ2n) is 5.32. The number of nitrogens with zero attached hydrogens (tertiary/aromatic N) is 1. The van der Waals surface area contributed by atoms with Crippen molar-refractivity contribution in [2.75, 3.05) is 30.8 Å². The van der Waals surface area contributed by atoms with Crippen LogP contribution in [0.4, 0.5) is 14.5 Å². The molecule has 2 aromatic carbocycles. The summed E-state index contributed by atoms with van der Waals surface area (Å²) in [6.07, 6.45) is 0.812. The van der Waals surface area contributed by atoms with E-state index in [-0.39, 0.29) is 16.6 Å². The first-order valence-corrected chi connectivity index (χ1v) is 8.65. The molecule has 24 heavy (non-hydrogen) atoms. The summed E-state index contributed by atoms with van der Waals surface area (Å²) in [7, 11) is 2.00. The predicted molar refractivity (Wildman–Crippen MR) is 94.4 cm³/mol. The lowest BCUT2D eigenvalue weighted by Crippen LogP contribution is -2.29. The molecule has 0 atom stereocenters. The zero-order valence-electron chi connectivity index (χ0n) is 13.5. The van der Waals surface area contributed by atoms with Crippen molar-refractivity contribution in [3.63, 3.8) is 0 Å². The Bertz CT molecular complexity index is 667. The number of anilines is 1. The van der Waals surface area contributed by atoms with Gasteiger partial charge in [-0.15, -0.1) is 11.8 Å². The second kappa shape index (κ2) is 9.27. The third-order valence-electron chi connectivity index (χ3n) is 3.44. The molecule has 0 aliphatic carbocycles. The van der Waals surface area contributed by atoms with Gasteiger partial charge in [0.15, 0.2) is 0 Å². The molecule has 0 bridgehead atoms. The molecule has 0 heterocycles. The van der Waals surface area contributed by atoms with Gasteiger partial charge in [0.05, 0.1) is 5.75 Å². The van der Waals surface area contributed by atoms with E-state index < -0.39 is 11.6 Å². The summed E-state index contributed by atoms with van der Waals surface area (Å²) in [5.74, 6) is -1.32. The van der Waals surface area contributed by atoms with Crippen molar-refractivity contribution >= 4 is 23.4 Å². The third kappa shape index (κ3) is 5.85. The SMILES string of the molecule is CN(CCCNC(=O)CSc1ccc(F)cc1F)c1ccccc1. The fourth-order valence-corrected chi connectivity index (χ4v) is 2.89. The summed E-state index contributed by atoms with van der Waals surface area (Å²) in [5.41, 5.74) is 1.13. The minimum Gasteiger partial charge on any atom is -0.375 e. The Kier molecular flexibility index (Phi) is 7.06. The van der Waals surface area contributed by atoms with Crippen LogP contribution in [0, 0.1) is 11.6 Å². The maximum atomic E-state index is 13.5. The van der Waals surface area contributed by atoms with Gasteiger partial charge in [-0.05, 0) is 30.7 Å². The molecule has 0 spiro atoms. The van der Waals surface area contributed by atoms with Gasteiger partial charge in [-0.25, -0.2) is 8.78 Å². The average molecular weight is 350 g/mol. The number of hydrogen-bond donors (Lipinski definition) is 1. The lowest BCUT2D eigenvalue weighted by atomic mass is 10.3. The lowest BCUT2D eigenvalue weighted by Gasteiger charge is -2.19. The number of para-hydroxylation sites is 1. The largest absolute Gasteiger partial charge is 0.375 e. The van der Waals surface area contributed by atoms with Crippen molar-refractivity contribution in [3.05, 3.63) is 60.2 Å². The van der Waals surface area contributed by atoms with Crippen LogP contribution in [0.2, 0.25) is 0 Å². The Morgan fingerprint density at radius 2 is 1.92 bits per heavy atom. The van der Waals surface area contributed by atoms with E-state index in [1.54, 1.807) is 0 Å². The van der Waals surface area contributed by atoms with E-state index in [1.807, 2.05) is 37.4 Å². The first-order valence-electron chi connectivity index (χ1n) is 7.67. The molecule has 128 valence electrons. The quantitative estimate of drug-likeness (QED) is 0.582. The van der Waals surface area contributed by atoms with Crippen LogP contribution < -0.4 is 10.2 Å². The van der Waals surface area contributed by atoms with E-state index >= 15 is 0 Å². The normalized spacial score (nSPS) is 10.5. The van der Waals surface area contributed by atoms with Crippen LogP contribution in [0.1, 0.15) is 6.42 Å². The van der Waals surface area contributed by atoms with Gasteiger partial charge in [0.1, 0.15) is 11.6 Å². The van der Waals surface area contributed by atoms with Gasteiger partial charge in [0.25, 0.3) is 0 Å². The van der Waals surface area contributed by atoms with Gasteiger partial charge in [-0.1, -0.05) is 18.2 Å². The summed E-state index contributed by atoms with van der Waals surface area (Å²) in [5, 5.41) is 2.81. The number of hydrogen-bond acceptors (Lipinski definition) is 3. The molecule has 0 unspecified atom stereocenters. The van der Waals surface area contributed by atoms with Crippen LogP contribution in [-0.4, -0.2) is 31.8 Å². The van der Waals surface area contributed by atoms with E-state index in [1.165, 1.54) is 12.1 Å². The Morgan fingerprint density at radius 3 is 2.62 bits per heavy atom. The predicted octanol–water partition coefficient (Wildman–Crippen LogP) is 3.70. The minimum absolute atomic E-state index is 0.108. The van der Waals surface area contributed by atoms with Crippen LogP contribution in [0.25, 0.3) is 0 Å². The Morgan fingerprint density at radius 1 is 1.17 bits per heavy atom. The maximum Gasteiger partial charge on any atom is 0.230 e. The molecule has 2 aromatic rings. The zero-order valence-corrected chi connectivity index (χ0v) is 14.3. The third-order valence-corrected chi connectivity index (χ3v) is 4.49. The van der Waals surface area contributed by atoms with E-state index in [0.717, 1.165) is 36.5 Å². The molecule has 0 aromatic heterocycles. The Hall–Kier alpha value is -2.08. The van der Waals surface area contributed by atoms with E-state index in [2.05, 4.69) is 10.2 Å². The summed E-state index contributed by atoms with van der Waals surface area (Å²) in [6.45, 7) is 1.38. The van der Waals surface area contributed by atoms with Gasteiger partial charge in [-0.3, -0.25) is 4.79 Å². The van der Waals surface area contributed by atoms with Crippen molar-refractivity contribution < 1.29 is 13.6 Å². The van der Waals surface area contributed by atoms with Crippen LogP contribution in [-0.2, 0) is 4.79 Å². The molecular formula is C18H20F2N2OS. The first-order chi connectivity index (χ1) is 11.6. The van der Waals surface area contributed by atoms with Crippen LogP contribution in [0.3, 0.4) is 0 Å². The molecule has 0 saturated carbocycles. The highest BCUT2D eigenvalue weighted by molar-refractivity contribution is 8.00. The van der Waals surface area contributed by atoms with Crippen molar-refractivity contribution in [2.24, 2.45) is 0 Å². The van der Waals surface area contributed by atoms with E-state index in [0.29, 0.717) is 6.54 Å². The molecular weight excluding hydrogens is 330 g/mol. The molecule has 2 rings (SSSR count). The molecule has 0 saturated heterocycles. The number of amides is 1. The van der Waals surface area contributed by atoms with E-state index in [9.17, 15) is 13.6 Å². The zero-order chi connectivity index (χ0) is 17.4. The van der Waals surface area contributed by atoms with Gasteiger partial charge < -0.3 is 10.2 Å². The summed E-state index contributed by atoms with van der Waals surface area (Å²) in [4.78, 5) is 14.2. The van der Waals surface area contributed by atoms with Crippen LogP contribution >= 0.6 is 11.8 Å². The van der Waals surface area contributed by atoms with Gasteiger partial charge in [-0.2, -0.15) is 0 Å². The van der Waals surface area contributed by atoms with Crippen molar-refractivity contribution in [2.45, 2.75) is 11.3 Å². The summed E-state index contributed by atoms with van der Waals surface area (Å²) >= 11 is 1.06. The molecule has 6 heteroatoms. The molecule has 0 aliphatic heterocycles. The summed E-state index contributed by atoms with van der Waals surface area (Å²) in [6, 6.07) is 13.4. The highest BCUT2D eigenvalue weighted by Crippen LogP contribution is 2.21. The van der Waals surface area contributed by atoms with Crippen molar-refractivity contribution in [1.29, 1.82) is 0 Å². The first kappa shape index (κ1) is 18.3. The standard InChI is InChI=1S/C18H20F2N2OS/c1-22(15-6-3-2-4-7-15)11-5-10-21-18(23)13-24-17-9-8-14(19)12-16(17)20/h2-4,6-9,12H,5,10-11,13H2,1H3,(H,21,23). The molecule has 1 N–H and O–H groups in total. The van der Waals surface area contributed by atoms with E-state index in [4.69, 9.17) is 0 Å². The van der Waals surface area contributed by atoms with Crippen LogP contribution in [0.15, 0.2) is 53.4 Å². The number of rotatable bonds is 8. The second-order valence-corrected chi connectivity index (χ2v) is 6.34. The number of carbonyl (C=O) groups is 1. The molecule has 0 fully saturated rings. The molecule has 3 nitrogen and oxygen atoms in total. The highest BCUT2D eigenvalue weighted by atomic mass is 32.2. The van der Waals surface area contributed by atoms with Gasteiger partial charge in [0.2, 0.25) is 5.91 Å². The van der Waals surface area contributed by atoms with Crippen molar-refractivity contribution in [3.8, 4) is 0 Å². The maximum absolute atomic E-state index is 13.5.